The van der Waals surface area contributed by atoms with Crippen molar-refractivity contribution in [1.82, 2.24) is 4.90 Å². The number of likely N-dealkylation sites (tertiary alicyclic amines) is 1. The van der Waals surface area contributed by atoms with Gasteiger partial charge in [0.2, 0.25) is 0 Å². The van der Waals surface area contributed by atoms with E-state index in [0.717, 1.165) is 0 Å². The minimum atomic E-state index is -1.99. The van der Waals surface area contributed by atoms with Crippen LogP contribution >= 0.6 is 0 Å². The smallest absolute Gasteiger partial charge is 0.338 e. The van der Waals surface area contributed by atoms with Crippen LogP contribution in [0.4, 0.5) is 0 Å². The lowest BCUT2D eigenvalue weighted by Gasteiger charge is -2.72. The van der Waals surface area contributed by atoms with E-state index in [1.165, 1.54) is 14.2 Å². The van der Waals surface area contributed by atoms with E-state index in [-0.39, 0.29) is 25.0 Å². The molecule has 0 aromatic heterocycles. The molecule has 6 aliphatic rings. The zero-order valence-electron chi connectivity index (χ0n) is 26.8. The molecule has 1 aromatic rings. The first kappa shape index (κ1) is 31.9. The van der Waals surface area contributed by atoms with Crippen LogP contribution in [0, 0.1) is 28.6 Å². The SMILES string of the molecule is CCN1C[C@]2(COC)[C@H](O)C[C@H](OC)[C@]34C1[C@H]([C@H](OC)[C@H]23)[C@]1(OC)[C@H]2[C@@H](OC(=O)c3ccccc3)[C@](O)(C[C@]24O)[C@@H](OC)[C@@H]1O. The summed E-state index contributed by atoms with van der Waals surface area (Å²) in [5.74, 6) is -2.93. The number of ether oxygens (including phenoxy) is 6. The number of piperidine rings is 1. The second-order valence-electron chi connectivity index (χ2n) is 14.2. The first-order chi connectivity index (χ1) is 21.5. The number of nitrogens with zero attached hydrogens (tertiary/aromatic N) is 1. The number of aliphatic hydroxyl groups is 4. The average molecular weight is 634 g/mol. The summed E-state index contributed by atoms with van der Waals surface area (Å²) >= 11 is 0. The highest BCUT2D eigenvalue weighted by Gasteiger charge is 2.95. The molecule has 1 saturated heterocycles. The van der Waals surface area contributed by atoms with Gasteiger partial charge in [-0.25, -0.2) is 4.79 Å². The summed E-state index contributed by atoms with van der Waals surface area (Å²) in [6, 6.07) is 8.01. The molecule has 1 spiro atoms. The molecular formula is C33H47NO11. The maximum atomic E-state index is 13.7. The second-order valence-corrected chi connectivity index (χ2v) is 14.2. The van der Waals surface area contributed by atoms with Gasteiger partial charge in [0.1, 0.15) is 29.5 Å². The predicted octanol–water partition coefficient (Wildman–Crippen LogP) is -0.154. The van der Waals surface area contributed by atoms with Crippen LogP contribution in [0.5, 0.6) is 0 Å². The molecule has 12 heteroatoms. The fourth-order valence-corrected chi connectivity index (χ4v) is 12.3. The molecular weight excluding hydrogens is 586 g/mol. The molecule has 6 fully saturated rings. The van der Waals surface area contributed by atoms with E-state index >= 15 is 0 Å². The van der Waals surface area contributed by atoms with Gasteiger partial charge in [0.05, 0.1) is 42.0 Å². The van der Waals surface area contributed by atoms with Gasteiger partial charge < -0.3 is 48.8 Å². The van der Waals surface area contributed by atoms with E-state index in [1.54, 1.807) is 51.7 Å². The van der Waals surface area contributed by atoms with Crippen molar-refractivity contribution in [1.29, 1.82) is 0 Å². The standard InChI is InChI=1S/C33H47NO11/c1-7-34-15-29(16-40-2)18(35)13-19(41-3)32-22(29)21(42-4)20(24(32)34)33(44-6)23-26(45-28(37)17-11-9-8-10-12-17)30(38,14-31(23,32)39)27(43-5)25(33)36/h8-12,18-27,35-36,38-39H,7,13-16H2,1-6H3/t18-,19+,20+,21+,22-,23+,24?,25+,26-,27+,29+,30-,31+,32-,33+/m1/s1. The van der Waals surface area contributed by atoms with Crippen LogP contribution in [0.3, 0.4) is 0 Å². The van der Waals surface area contributed by atoms with Crippen LogP contribution in [0.25, 0.3) is 0 Å². The molecule has 1 aliphatic heterocycles. The topological polar surface area (TPSA) is 157 Å². The van der Waals surface area contributed by atoms with E-state index in [0.29, 0.717) is 13.1 Å². The average Bonchev–Trinajstić information content (AvgIpc) is 3.38. The Kier molecular flexibility index (Phi) is 7.36. The van der Waals surface area contributed by atoms with Crippen LogP contribution < -0.4 is 0 Å². The van der Waals surface area contributed by atoms with Crippen molar-refractivity contribution in [3.05, 3.63) is 35.9 Å². The lowest BCUT2D eigenvalue weighted by atomic mass is 9.40. The fourth-order valence-electron chi connectivity index (χ4n) is 12.3. The maximum Gasteiger partial charge on any atom is 0.338 e. The monoisotopic (exact) mass is 633 g/mol. The van der Waals surface area contributed by atoms with Crippen molar-refractivity contribution in [2.45, 2.75) is 79.2 Å². The molecule has 1 aromatic carbocycles. The van der Waals surface area contributed by atoms with Crippen LogP contribution in [-0.4, -0.2) is 146 Å². The number of hydrogen-bond acceptors (Lipinski definition) is 12. The summed E-state index contributed by atoms with van der Waals surface area (Å²) in [5, 5.41) is 50.8. The summed E-state index contributed by atoms with van der Waals surface area (Å²) in [6.45, 7) is 3.23. The largest absolute Gasteiger partial charge is 0.455 e. The lowest BCUT2D eigenvalue weighted by molar-refractivity contribution is -0.358. The highest BCUT2D eigenvalue weighted by molar-refractivity contribution is 5.89. The third-order valence-electron chi connectivity index (χ3n) is 13.3. The van der Waals surface area contributed by atoms with Gasteiger partial charge in [-0.15, -0.1) is 0 Å². The van der Waals surface area contributed by atoms with E-state index in [4.69, 9.17) is 28.4 Å². The van der Waals surface area contributed by atoms with Gasteiger partial charge in [0.25, 0.3) is 0 Å². The number of esters is 1. The van der Waals surface area contributed by atoms with E-state index in [2.05, 4.69) is 4.90 Å². The number of carbonyl (C=O) groups excluding carboxylic acids is 1. The van der Waals surface area contributed by atoms with Crippen LogP contribution in [-0.2, 0) is 28.4 Å². The first-order valence-corrected chi connectivity index (χ1v) is 15.9. The number of rotatable bonds is 9. The van der Waals surface area contributed by atoms with Gasteiger partial charge in [0, 0.05) is 83.6 Å². The molecule has 1 unspecified atom stereocenters. The van der Waals surface area contributed by atoms with Crippen molar-refractivity contribution in [2.75, 3.05) is 55.2 Å². The third-order valence-corrected chi connectivity index (χ3v) is 13.3. The zero-order valence-corrected chi connectivity index (χ0v) is 26.8. The molecule has 7 bridgehead atoms. The van der Waals surface area contributed by atoms with Crippen molar-refractivity contribution in [3.8, 4) is 0 Å². The van der Waals surface area contributed by atoms with Crippen LogP contribution in [0.15, 0.2) is 30.3 Å². The summed E-state index contributed by atoms with van der Waals surface area (Å²) in [7, 11) is 7.65. The molecule has 250 valence electrons. The Balaban J connectivity index is 1.54. The Morgan fingerprint density at radius 2 is 1.69 bits per heavy atom. The molecule has 0 radical (unpaired) electrons. The van der Waals surface area contributed by atoms with Crippen LogP contribution in [0.1, 0.15) is 30.1 Å². The Morgan fingerprint density at radius 1 is 0.978 bits per heavy atom. The van der Waals surface area contributed by atoms with Gasteiger partial charge in [0.15, 0.2) is 0 Å². The summed E-state index contributed by atoms with van der Waals surface area (Å²) in [4.78, 5) is 15.9. The minimum Gasteiger partial charge on any atom is -0.455 e. The number of fused-ring (bicyclic) bond motifs is 2. The molecule has 15 atom stereocenters. The normalized spacial score (nSPS) is 52.6. The second kappa shape index (κ2) is 10.4. The van der Waals surface area contributed by atoms with Crippen molar-refractivity contribution >= 4 is 5.97 Å². The van der Waals surface area contributed by atoms with E-state index < -0.39 is 94.0 Å². The fraction of sp³-hybridized carbons (Fsp3) is 0.788. The number of carbonyl (C=O) groups is 1. The Labute approximate surface area is 263 Å². The summed E-state index contributed by atoms with van der Waals surface area (Å²) in [6.07, 6.45) is -6.31. The number of methoxy groups -OCH3 is 5. The number of benzene rings is 1. The van der Waals surface area contributed by atoms with Crippen molar-refractivity contribution in [2.24, 2.45) is 28.6 Å². The van der Waals surface area contributed by atoms with Crippen LogP contribution in [0.2, 0.25) is 0 Å². The molecule has 45 heavy (non-hydrogen) atoms. The van der Waals surface area contributed by atoms with Gasteiger partial charge in [-0.1, -0.05) is 25.1 Å². The molecule has 0 amide bonds. The zero-order chi connectivity index (χ0) is 32.3. The van der Waals surface area contributed by atoms with Crippen molar-refractivity contribution < 1.29 is 53.6 Å². The lowest BCUT2D eigenvalue weighted by Crippen LogP contribution is -2.85. The van der Waals surface area contributed by atoms with E-state index in [9.17, 15) is 25.2 Å². The number of aliphatic hydroxyl groups excluding tert-OH is 2. The molecule has 5 aliphatic carbocycles. The highest BCUT2D eigenvalue weighted by atomic mass is 16.6. The maximum absolute atomic E-state index is 13.7. The molecule has 5 saturated carbocycles. The quantitative estimate of drug-likeness (QED) is 0.267. The summed E-state index contributed by atoms with van der Waals surface area (Å²) < 4.78 is 37.2. The highest BCUT2D eigenvalue weighted by Crippen LogP contribution is 2.81. The third kappa shape index (κ3) is 3.34. The van der Waals surface area contributed by atoms with Gasteiger partial charge in [-0.2, -0.15) is 0 Å². The molecule has 4 N–H and O–H groups in total. The summed E-state index contributed by atoms with van der Waals surface area (Å²) in [5.41, 5.74) is -7.21. The Morgan fingerprint density at radius 3 is 2.27 bits per heavy atom. The Hall–Kier alpha value is -1.71. The van der Waals surface area contributed by atoms with Crippen molar-refractivity contribution in [3.63, 3.8) is 0 Å². The minimum absolute atomic E-state index is 0.188. The molecule has 7 rings (SSSR count). The number of hydrogen-bond donors (Lipinski definition) is 4. The van der Waals surface area contributed by atoms with Gasteiger partial charge >= 0.3 is 5.97 Å². The predicted molar refractivity (Wildman–Crippen MR) is 157 cm³/mol. The molecule has 12 nitrogen and oxygen atoms in total. The Bertz CT molecular complexity index is 1320. The van der Waals surface area contributed by atoms with Gasteiger partial charge in [-0.3, -0.25) is 4.90 Å². The van der Waals surface area contributed by atoms with E-state index in [1.807, 2.05) is 6.92 Å². The molecule has 1 heterocycles. The first-order valence-electron chi connectivity index (χ1n) is 15.9. The van der Waals surface area contributed by atoms with Gasteiger partial charge in [-0.05, 0) is 18.7 Å².